The molecule has 2 unspecified atom stereocenters. The van der Waals surface area contributed by atoms with Crippen LogP contribution in [0.1, 0.15) is 34.1 Å². The first-order valence-corrected chi connectivity index (χ1v) is 5.36. The zero-order valence-electron chi connectivity index (χ0n) is 9.51. The Labute approximate surface area is 82.5 Å². The summed E-state index contributed by atoms with van der Waals surface area (Å²) in [7, 11) is 0. The fraction of sp³-hybridized carbons (Fsp3) is 1.00. The first kappa shape index (κ1) is 11.0. The van der Waals surface area contributed by atoms with Crippen LogP contribution in [0.3, 0.4) is 0 Å². The molecular weight excluding hydrogens is 160 g/mol. The maximum absolute atomic E-state index is 5.97. The molecule has 0 aliphatic carbocycles. The Morgan fingerprint density at radius 3 is 2.31 bits per heavy atom. The van der Waals surface area contributed by atoms with Crippen molar-refractivity contribution in [2.45, 2.75) is 40.2 Å². The van der Waals surface area contributed by atoms with Gasteiger partial charge in [-0.1, -0.05) is 27.7 Å². The molecule has 2 nitrogen and oxygen atoms in total. The van der Waals surface area contributed by atoms with E-state index >= 15 is 0 Å². The number of likely N-dealkylation sites (tertiary alicyclic amines) is 1. The molecule has 2 atom stereocenters. The average molecular weight is 184 g/mol. The van der Waals surface area contributed by atoms with Crippen molar-refractivity contribution in [3.63, 3.8) is 0 Å². The van der Waals surface area contributed by atoms with E-state index in [0.717, 1.165) is 6.54 Å². The lowest BCUT2D eigenvalue weighted by Gasteiger charge is -2.23. The minimum Gasteiger partial charge on any atom is -0.326 e. The van der Waals surface area contributed by atoms with Crippen LogP contribution in [0.5, 0.6) is 0 Å². The summed E-state index contributed by atoms with van der Waals surface area (Å²) in [5.41, 5.74) is 6.42. The van der Waals surface area contributed by atoms with Crippen LogP contribution in [-0.2, 0) is 0 Å². The lowest BCUT2D eigenvalue weighted by Crippen LogP contribution is -2.30. The Kier molecular flexibility index (Phi) is 3.36. The van der Waals surface area contributed by atoms with Gasteiger partial charge in [0, 0.05) is 19.1 Å². The molecule has 2 heteroatoms. The summed E-state index contributed by atoms with van der Waals surface area (Å²) in [6, 6.07) is 0.403. The van der Waals surface area contributed by atoms with Crippen LogP contribution in [0.15, 0.2) is 0 Å². The van der Waals surface area contributed by atoms with Gasteiger partial charge in [-0.25, -0.2) is 0 Å². The molecule has 0 aromatic heterocycles. The zero-order valence-corrected chi connectivity index (χ0v) is 9.51. The third kappa shape index (κ3) is 3.65. The molecule has 0 bridgehead atoms. The second-order valence-corrected chi connectivity index (χ2v) is 5.71. The van der Waals surface area contributed by atoms with E-state index in [4.69, 9.17) is 5.73 Å². The predicted molar refractivity (Wildman–Crippen MR) is 57.7 cm³/mol. The van der Waals surface area contributed by atoms with E-state index in [1.54, 1.807) is 0 Å². The fourth-order valence-corrected chi connectivity index (χ4v) is 1.77. The predicted octanol–water partition coefficient (Wildman–Crippen LogP) is 1.70. The summed E-state index contributed by atoms with van der Waals surface area (Å²) >= 11 is 0. The van der Waals surface area contributed by atoms with E-state index in [2.05, 4.69) is 32.6 Å². The smallest absolute Gasteiger partial charge is 0.0206 e. The highest BCUT2D eigenvalue weighted by Crippen LogP contribution is 2.21. The molecule has 1 rings (SSSR count). The van der Waals surface area contributed by atoms with Crippen molar-refractivity contribution < 1.29 is 0 Å². The van der Waals surface area contributed by atoms with E-state index in [0.29, 0.717) is 17.4 Å². The highest BCUT2D eigenvalue weighted by atomic mass is 15.2. The van der Waals surface area contributed by atoms with E-state index in [1.807, 2.05) is 0 Å². The highest BCUT2D eigenvalue weighted by molar-refractivity contribution is 4.84. The van der Waals surface area contributed by atoms with E-state index < -0.39 is 0 Å². The van der Waals surface area contributed by atoms with Gasteiger partial charge in [-0.15, -0.1) is 0 Å². The molecule has 1 heterocycles. The lowest BCUT2D eigenvalue weighted by atomic mass is 9.92. The maximum Gasteiger partial charge on any atom is 0.0206 e. The Morgan fingerprint density at radius 1 is 1.31 bits per heavy atom. The van der Waals surface area contributed by atoms with Crippen molar-refractivity contribution in [1.29, 1.82) is 0 Å². The molecule has 2 N–H and O–H groups in total. The van der Waals surface area contributed by atoms with Crippen LogP contribution in [0.4, 0.5) is 0 Å². The summed E-state index contributed by atoms with van der Waals surface area (Å²) in [6.45, 7) is 12.6. The van der Waals surface area contributed by atoms with E-state index in [1.165, 1.54) is 19.5 Å². The Morgan fingerprint density at radius 2 is 1.92 bits per heavy atom. The molecule has 1 fully saturated rings. The number of nitrogens with zero attached hydrogens (tertiary/aromatic N) is 1. The van der Waals surface area contributed by atoms with Crippen molar-refractivity contribution in [2.75, 3.05) is 19.6 Å². The molecule has 1 aliphatic rings. The van der Waals surface area contributed by atoms with Gasteiger partial charge in [0.05, 0.1) is 0 Å². The first-order valence-electron chi connectivity index (χ1n) is 5.36. The highest BCUT2D eigenvalue weighted by Gasteiger charge is 2.26. The van der Waals surface area contributed by atoms with Crippen LogP contribution in [-0.4, -0.2) is 30.6 Å². The normalized spacial score (nSPS) is 31.2. The summed E-state index contributed by atoms with van der Waals surface area (Å²) in [4.78, 5) is 2.50. The fourth-order valence-electron chi connectivity index (χ4n) is 1.77. The van der Waals surface area contributed by atoms with Crippen LogP contribution in [0.2, 0.25) is 0 Å². The molecule has 0 spiro atoms. The molecule has 1 aliphatic heterocycles. The molecule has 0 saturated carbocycles. The zero-order chi connectivity index (χ0) is 10.1. The third-order valence-electron chi connectivity index (χ3n) is 2.92. The van der Waals surface area contributed by atoms with E-state index in [9.17, 15) is 0 Å². The van der Waals surface area contributed by atoms with Gasteiger partial charge in [0.1, 0.15) is 0 Å². The minimum atomic E-state index is 0.403. The van der Waals surface area contributed by atoms with Gasteiger partial charge >= 0.3 is 0 Å². The Balaban J connectivity index is 2.25. The second kappa shape index (κ2) is 3.97. The van der Waals surface area contributed by atoms with Crippen molar-refractivity contribution >= 4 is 0 Å². The largest absolute Gasteiger partial charge is 0.326 e. The molecule has 0 amide bonds. The first-order chi connectivity index (χ1) is 5.88. The minimum absolute atomic E-state index is 0.403. The van der Waals surface area contributed by atoms with E-state index in [-0.39, 0.29) is 0 Å². The van der Waals surface area contributed by atoms with Gasteiger partial charge in [0.25, 0.3) is 0 Å². The van der Waals surface area contributed by atoms with Gasteiger partial charge in [-0.2, -0.15) is 0 Å². The SMILES string of the molecule is CC1CN(CCC(C)(C)C)CC1N. The molecule has 78 valence electrons. The molecule has 0 radical (unpaired) electrons. The molecule has 13 heavy (non-hydrogen) atoms. The molecule has 1 saturated heterocycles. The van der Waals surface area contributed by atoms with Gasteiger partial charge in [-0.05, 0) is 24.3 Å². The van der Waals surface area contributed by atoms with Gasteiger partial charge < -0.3 is 10.6 Å². The van der Waals surface area contributed by atoms with Crippen LogP contribution >= 0.6 is 0 Å². The monoisotopic (exact) mass is 184 g/mol. The quantitative estimate of drug-likeness (QED) is 0.708. The lowest BCUT2D eigenvalue weighted by molar-refractivity contribution is 0.259. The van der Waals surface area contributed by atoms with Crippen molar-refractivity contribution in [3.05, 3.63) is 0 Å². The maximum atomic E-state index is 5.97. The van der Waals surface area contributed by atoms with Crippen LogP contribution in [0.25, 0.3) is 0 Å². The number of hydrogen-bond acceptors (Lipinski definition) is 2. The van der Waals surface area contributed by atoms with Gasteiger partial charge in [0.15, 0.2) is 0 Å². The summed E-state index contributed by atoms with van der Waals surface area (Å²) in [5.74, 6) is 0.681. The third-order valence-corrected chi connectivity index (χ3v) is 2.92. The second-order valence-electron chi connectivity index (χ2n) is 5.71. The van der Waals surface area contributed by atoms with Gasteiger partial charge in [0.2, 0.25) is 0 Å². The summed E-state index contributed by atoms with van der Waals surface area (Å²) < 4.78 is 0. The van der Waals surface area contributed by atoms with Crippen molar-refractivity contribution in [3.8, 4) is 0 Å². The van der Waals surface area contributed by atoms with Crippen molar-refractivity contribution in [2.24, 2.45) is 17.1 Å². The van der Waals surface area contributed by atoms with Crippen molar-refractivity contribution in [1.82, 2.24) is 4.90 Å². The number of nitrogens with two attached hydrogens (primary N) is 1. The molecular formula is C11H24N2. The summed E-state index contributed by atoms with van der Waals surface area (Å²) in [5, 5.41) is 0. The van der Waals surface area contributed by atoms with Crippen LogP contribution < -0.4 is 5.73 Å². The standard InChI is InChI=1S/C11H24N2/c1-9-7-13(8-10(9)12)6-5-11(2,3)4/h9-10H,5-8,12H2,1-4H3. The summed E-state index contributed by atoms with van der Waals surface area (Å²) in [6.07, 6.45) is 1.27. The topological polar surface area (TPSA) is 29.3 Å². The Hall–Kier alpha value is -0.0800. The van der Waals surface area contributed by atoms with Crippen LogP contribution in [0, 0.1) is 11.3 Å². The number of rotatable bonds is 2. The molecule has 0 aromatic carbocycles. The van der Waals surface area contributed by atoms with Gasteiger partial charge in [-0.3, -0.25) is 0 Å². The number of hydrogen-bond donors (Lipinski definition) is 1. The Bertz CT molecular complexity index is 150. The average Bonchev–Trinajstić information content (AvgIpc) is 2.27. The molecule has 0 aromatic rings.